The van der Waals surface area contributed by atoms with Gasteiger partial charge in [-0.2, -0.15) is 13.2 Å². The molecule has 156 valence electrons. The lowest BCUT2D eigenvalue weighted by atomic mass is 10.0. The standard InChI is InChI=1S/C19H15BrF3N5S2/c20-16-15(17-27-13-5-6-25-9-14(13)29-17)30-18(28-16)26-8-12(24)7-10-1-3-11(4-2-10)19(21,22)23/h1-6,9,12H,7-8,24H2,(H,26,28). The number of nitrogens with one attached hydrogen (secondary N) is 1. The quantitative estimate of drug-likeness (QED) is 0.352. The van der Waals surface area contributed by atoms with Crippen LogP contribution in [0.5, 0.6) is 0 Å². The number of anilines is 1. The first kappa shape index (κ1) is 21.2. The van der Waals surface area contributed by atoms with Crippen LogP contribution < -0.4 is 11.1 Å². The monoisotopic (exact) mass is 513 g/mol. The van der Waals surface area contributed by atoms with Gasteiger partial charge in [-0.05, 0) is 46.1 Å². The maximum Gasteiger partial charge on any atom is 0.416 e. The molecule has 0 radical (unpaired) electrons. The molecule has 0 saturated heterocycles. The number of alkyl halides is 3. The minimum atomic E-state index is -4.34. The zero-order valence-corrected chi connectivity index (χ0v) is 18.5. The van der Waals surface area contributed by atoms with Gasteiger partial charge in [-0.15, -0.1) is 11.3 Å². The van der Waals surface area contributed by atoms with Crippen LogP contribution >= 0.6 is 38.6 Å². The number of benzene rings is 1. The molecule has 0 aliphatic heterocycles. The predicted molar refractivity (Wildman–Crippen MR) is 118 cm³/mol. The smallest absolute Gasteiger partial charge is 0.360 e. The molecule has 0 bridgehead atoms. The summed E-state index contributed by atoms with van der Waals surface area (Å²) in [4.78, 5) is 14.1. The van der Waals surface area contributed by atoms with Crippen molar-refractivity contribution < 1.29 is 13.2 Å². The molecular formula is C19H15BrF3N5S2. The second-order valence-electron chi connectivity index (χ2n) is 6.54. The zero-order valence-electron chi connectivity index (χ0n) is 15.3. The van der Waals surface area contributed by atoms with Crippen LogP contribution in [0, 0.1) is 0 Å². The number of fused-ring (bicyclic) bond motifs is 1. The number of hydrogen-bond acceptors (Lipinski definition) is 7. The number of nitrogens with two attached hydrogens (primary N) is 1. The normalized spacial score (nSPS) is 13.0. The zero-order chi connectivity index (χ0) is 21.3. The van der Waals surface area contributed by atoms with Gasteiger partial charge in [0.15, 0.2) is 5.13 Å². The average Bonchev–Trinajstić information content (AvgIpc) is 3.29. The maximum atomic E-state index is 12.7. The summed E-state index contributed by atoms with van der Waals surface area (Å²) in [5.41, 5.74) is 7.12. The van der Waals surface area contributed by atoms with Crippen LogP contribution in [0.25, 0.3) is 20.1 Å². The van der Waals surface area contributed by atoms with Crippen LogP contribution in [-0.2, 0) is 12.6 Å². The molecule has 1 atom stereocenters. The molecule has 1 unspecified atom stereocenters. The fourth-order valence-corrected chi connectivity index (χ4v) is 5.54. The highest BCUT2D eigenvalue weighted by molar-refractivity contribution is 9.10. The highest BCUT2D eigenvalue weighted by atomic mass is 79.9. The Morgan fingerprint density at radius 2 is 1.87 bits per heavy atom. The first-order chi connectivity index (χ1) is 14.3. The summed E-state index contributed by atoms with van der Waals surface area (Å²) >= 11 is 6.48. The number of thiazole rings is 2. The number of hydrogen-bond donors (Lipinski definition) is 2. The van der Waals surface area contributed by atoms with E-state index >= 15 is 0 Å². The van der Waals surface area contributed by atoms with Crippen molar-refractivity contribution in [2.75, 3.05) is 11.9 Å². The largest absolute Gasteiger partial charge is 0.416 e. The lowest BCUT2D eigenvalue weighted by molar-refractivity contribution is -0.137. The van der Waals surface area contributed by atoms with Crippen molar-refractivity contribution >= 4 is 54.0 Å². The third-order valence-corrected chi connectivity index (χ3v) is 7.27. The Balaban J connectivity index is 1.38. The van der Waals surface area contributed by atoms with Crippen LogP contribution in [0.2, 0.25) is 0 Å². The van der Waals surface area contributed by atoms with Gasteiger partial charge in [0.25, 0.3) is 0 Å². The van der Waals surface area contributed by atoms with Crippen molar-refractivity contribution in [3.05, 3.63) is 58.5 Å². The SMILES string of the molecule is NC(CNc1nc(Br)c(-c2nc3ccncc3s2)s1)Cc1ccc(C(F)(F)F)cc1. The fourth-order valence-electron chi connectivity index (χ4n) is 2.81. The molecule has 3 N–H and O–H groups in total. The van der Waals surface area contributed by atoms with Crippen molar-refractivity contribution in [3.8, 4) is 9.88 Å². The minimum absolute atomic E-state index is 0.276. The molecule has 5 nitrogen and oxygen atoms in total. The van der Waals surface area contributed by atoms with E-state index in [4.69, 9.17) is 5.73 Å². The molecule has 4 aromatic rings. The summed E-state index contributed by atoms with van der Waals surface area (Å²) in [6.45, 7) is 0.435. The predicted octanol–water partition coefficient (Wildman–Crippen LogP) is 5.58. The van der Waals surface area contributed by atoms with E-state index in [1.54, 1.807) is 23.7 Å². The average molecular weight is 514 g/mol. The molecule has 1 aromatic carbocycles. The lowest BCUT2D eigenvalue weighted by Crippen LogP contribution is -2.31. The van der Waals surface area contributed by atoms with E-state index in [1.165, 1.54) is 23.5 Å². The van der Waals surface area contributed by atoms with Gasteiger partial charge in [-0.25, -0.2) is 9.97 Å². The van der Waals surface area contributed by atoms with Crippen LogP contribution in [0.3, 0.4) is 0 Å². The van der Waals surface area contributed by atoms with Crippen molar-refractivity contribution in [2.24, 2.45) is 5.73 Å². The van der Waals surface area contributed by atoms with Crippen LogP contribution in [0.1, 0.15) is 11.1 Å². The molecule has 30 heavy (non-hydrogen) atoms. The molecule has 0 spiro atoms. The molecule has 0 saturated carbocycles. The Labute approximate surface area is 186 Å². The Hall–Kier alpha value is -2.08. The number of halogens is 4. The van der Waals surface area contributed by atoms with Crippen molar-refractivity contribution in [1.29, 1.82) is 0 Å². The summed E-state index contributed by atoms with van der Waals surface area (Å²) in [6.07, 6.45) is -0.392. The molecule has 0 aliphatic carbocycles. The van der Waals surface area contributed by atoms with Crippen LogP contribution in [0.4, 0.5) is 18.3 Å². The van der Waals surface area contributed by atoms with Gasteiger partial charge in [-0.1, -0.05) is 23.5 Å². The molecule has 0 aliphatic rings. The summed E-state index contributed by atoms with van der Waals surface area (Å²) in [5, 5.41) is 4.75. The molecule has 4 rings (SSSR count). The van der Waals surface area contributed by atoms with Crippen molar-refractivity contribution in [3.63, 3.8) is 0 Å². The highest BCUT2D eigenvalue weighted by Gasteiger charge is 2.30. The van der Waals surface area contributed by atoms with Gasteiger partial charge in [0.1, 0.15) is 9.61 Å². The molecule has 3 heterocycles. The molecule has 3 aromatic heterocycles. The van der Waals surface area contributed by atoms with E-state index in [0.717, 1.165) is 37.8 Å². The number of aromatic nitrogens is 3. The van der Waals surface area contributed by atoms with E-state index in [1.807, 2.05) is 6.07 Å². The van der Waals surface area contributed by atoms with E-state index < -0.39 is 11.7 Å². The molecule has 0 amide bonds. The van der Waals surface area contributed by atoms with Gasteiger partial charge in [0.05, 0.1) is 20.7 Å². The second kappa shape index (κ2) is 8.58. The lowest BCUT2D eigenvalue weighted by Gasteiger charge is -2.13. The van der Waals surface area contributed by atoms with Gasteiger partial charge >= 0.3 is 6.18 Å². The van der Waals surface area contributed by atoms with Crippen LogP contribution in [-0.4, -0.2) is 27.5 Å². The first-order valence-electron chi connectivity index (χ1n) is 8.82. The number of pyridine rings is 1. The third kappa shape index (κ3) is 4.80. The van der Waals surface area contributed by atoms with Crippen molar-refractivity contribution in [1.82, 2.24) is 15.0 Å². The van der Waals surface area contributed by atoms with E-state index in [9.17, 15) is 13.2 Å². The molecular weight excluding hydrogens is 499 g/mol. The fraction of sp³-hybridized carbons (Fsp3) is 0.211. The number of nitrogens with zero attached hydrogens (tertiary/aromatic N) is 3. The van der Waals surface area contributed by atoms with Crippen molar-refractivity contribution in [2.45, 2.75) is 18.6 Å². The Kier molecular flexibility index (Phi) is 6.05. The summed E-state index contributed by atoms with van der Waals surface area (Å²) in [6, 6.07) is 6.66. The Morgan fingerprint density at radius 1 is 1.10 bits per heavy atom. The van der Waals surface area contributed by atoms with Gasteiger partial charge in [0.2, 0.25) is 0 Å². The first-order valence-corrected chi connectivity index (χ1v) is 11.2. The highest BCUT2D eigenvalue weighted by Crippen LogP contribution is 2.39. The van der Waals surface area contributed by atoms with E-state index in [0.29, 0.717) is 22.7 Å². The van der Waals surface area contributed by atoms with Gasteiger partial charge in [0, 0.05) is 25.0 Å². The molecule has 11 heteroatoms. The van der Waals surface area contributed by atoms with Gasteiger partial charge < -0.3 is 11.1 Å². The topological polar surface area (TPSA) is 76.7 Å². The summed E-state index contributed by atoms with van der Waals surface area (Å²) < 4.78 is 39.7. The third-order valence-electron chi connectivity index (χ3n) is 4.27. The summed E-state index contributed by atoms with van der Waals surface area (Å²) in [7, 11) is 0. The maximum absolute atomic E-state index is 12.7. The second-order valence-corrected chi connectivity index (χ2v) is 9.32. The Morgan fingerprint density at radius 3 is 2.57 bits per heavy atom. The summed E-state index contributed by atoms with van der Waals surface area (Å²) in [5.74, 6) is 0. The minimum Gasteiger partial charge on any atom is -0.360 e. The van der Waals surface area contributed by atoms with E-state index in [-0.39, 0.29) is 6.04 Å². The molecule has 0 fully saturated rings. The van der Waals surface area contributed by atoms with Crippen LogP contribution in [0.15, 0.2) is 47.3 Å². The number of rotatable bonds is 6. The Bertz CT molecular complexity index is 1120. The van der Waals surface area contributed by atoms with E-state index in [2.05, 4.69) is 36.2 Å². The van der Waals surface area contributed by atoms with Gasteiger partial charge in [-0.3, -0.25) is 4.98 Å².